The van der Waals surface area contributed by atoms with Crippen LogP contribution in [0, 0.1) is 0 Å². The van der Waals surface area contributed by atoms with Gasteiger partial charge in [-0.05, 0) is 62.6 Å². The molecule has 0 spiro atoms. The predicted octanol–water partition coefficient (Wildman–Crippen LogP) is 8.00. The molecule has 0 radical (unpaired) electrons. The maximum atomic E-state index is 16.2. The monoisotopic (exact) mass is 527 g/mol. The highest BCUT2D eigenvalue weighted by Crippen LogP contribution is 2.40. The minimum Gasteiger partial charge on any atom is -0.444 e. The Kier molecular flexibility index (Phi) is 10.4. The molecule has 5 nitrogen and oxygen atoms in total. The van der Waals surface area contributed by atoms with Gasteiger partial charge in [0.25, 0.3) is 0 Å². The third kappa shape index (κ3) is 9.63. The van der Waals surface area contributed by atoms with Crippen molar-refractivity contribution in [1.29, 1.82) is 0 Å². The zero-order valence-corrected chi connectivity index (χ0v) is 26.3. The van der Waals surface area contributed by atoms with Crippen LogP contribution in [0.5, 0.6) is 0 Å². The van der Waals surface area contributed by atoms with E-state index in [2.05, 4.69) is 73.0 Å². The summed E-state index contributed by atoms with van der Waals surface area (Å²) in [4.78, 5) is 12.9. The van der Waals surface area contributed by atoms with Crippen LogP contribution in [-0.4, -0.2) is 47.1 Å². The molecule has 0 bridgehead atoms. The van der Waals surface area contributed by atoms with Gasteiger partial charge in [-0.1, -0.05) is 71.9 Å². The summed E-state index contributed by atoms with van der Waals surface area (Å²) in [6.07, 6.45) is -2.86. The maximum absolute atomic E-state index is 16.2. The van der Waals surface area contributed by atoms with E-state index < -0.39 is 46.6 Å². The van der Waals surface area contributed by atoms with Gasteiger partial charge in [-0.2, -0.15) is 0 Å². The Bertz CT molecular complexity index is 811. The van der Waals surface area contributed by atoms with Crippen molar-refractivity contribution in [3.8, 4) is 0 Å². The Balaban J connectivity index is 3.47. The van der Waals surface area contributed by atoms with Gasteiger partial charge >= 0.3 is 6.09 Å². The second kappa shape index (κ2) is 11.4. The lowest BCUT2D eigenvalue weighted by atomic mass is 9.99. The average molecular weight is 528 g/mol. The van der Waals surface area contributed by atoms with Crippen molar-refractivity contribution < 1.29 is 22.8 Å². The lowest BCUT2D eigenvalue weighted by Gasteiger charge is -2.44. The first kappa shape index (κ1) is 31.8. The quantitative estimate of drug-likeness (QED) is 0.331. The Hall–Kier alpha value is -1.23. The van der Waals surface area contributed by atoms with Gasteiger partial charge in [-0.3, -0.25) is 0 Å². The number of hydrogen-bond acceptors (Lipinski definition) is 4. The highest BCUT2D eigenvalue weighted by molar-refractivity contribution is 6.74. The predicted molar refractivity (Wildman–Crippen MR) is 149 cm³/mol. The zero-order valence-electron chi connectivity index (χ0n) is 24.3. The van der Waals surface area contributed by atoms with Crippen molar-refractivity contribution in [2.75, 3.05) is 6.61 Å². The lowest BCUT2D eigenvalue weighted by Crippen LogP contribution is -2.56. The maximum Gasteiger partial charge on any atom is 0.408 e. The Morgan fingerprint density at radius 1 is 0.886 bits per heavy atom. The van der Waals surface area contributed by atoms with Gasteiger partial charge in [-0.25, -0.2) is 9.18 Å². The number of nitrogens with one attached hydrogen (secondary N) is 1. The number of hydrogen-bond donors (Lipinski definition) is 1. The van der Waals surface area contributed by atoms with Crippen LogP contribution >= 0.6 is 0 Å². The number of rotatable bonds is 9. The second-order valence-corrected chi connectivity index (χ2v) is 23.0. The summed E-state index contributed by atoms with van der Waals surface area (Å²) in [5, 5.41) is 2.70. The lowest BCUT2D eigenvalue weighted by molar-refractivity contribution is 0.0209. The first-order valence-electron chi connectivity index (χ1n) is 12.6. The van der Waals surface area contributed by atoms with E-state index in [1.807, 2.05) is 6.07 Å². The topological polar surface area (TPSA) is 56.8 Å². The van der Waals surface area contributed by atoms with Gasteiger partial charge in [0.15, 0.2) is 16.6 Å². The van der Waals surface area contributed by atoms with E-state index in [9.17, 15) is 4.79 Å². The van der Waals surface area contributed by atoms with Crippen molar-refractivity contribution in [3.05, 3.63) is 35.9 Å². The van der Waals surface area contributed by atoms with Crippen LogP contribution in [0.4, 0.5) is 9.18 Å². The van der Waals surface area contributed by atoms with Crippen molar-refractivity contribution in [1.82, 2.24) is 5.32 Å². The van der Waals surface area contributed by atoms with Gasteiger partial charge in [0.1, 0.15) is 11.8 Å². The number of halogens is 1. The molecule has 0 heterocycles. The molecule has 3 atom stereocenters. The van der Waals surface area contributed by atoms with Crippen molar-refractivity contribution in [3.63, 3.8) is 0 Å². The van der Waals surface area contributed by atoms with Gasteiger partial charge in [0, 0.05) is 0 Å². The summed E-state index contributed by atoms with van der Waals surface area (Å²) in [5.74, 6) is 0. The minimum absolute atomic E-state index is 0.0167. The van der Waals surface area contributed by atoms with E-state index in [4.69, 9.17) is 13.6 Å². The van der Waals surface area contributed by atoms with Gasteiger partial charge in [0.05, 0.1) is 18.8 Å². The summed E-state index contributed by atoms with van der Waals surface area (Å²) in [6, 6.07) is 7.91. The normalized spacial score (nSPS) is 16.4. The molecule has 0 aliphatic rings. The molecule has 1 rings (SSSR count). The molecule has 0 aromatic heterocycles. The van der Waals surface area contributed by atoms with Crippen LogP contribution in [0.1, 0.15) is 74.0 Å². The highest BCUT2D eigenvalue weighted by Gasteiger charge is 2.45. The second-order valence-electron chi connectivity index (χ2n) is 13.5. The molecule has 0 saturated carbocycles. The van der Waals surface area contributed by atoms with Crippen LogP contribution in [0.2, 0.25) is 36.3 Å². The average Bonchev–Trinajstić information content (AvgIpc) is 2.66. The van der Waals surface area contributed by atoms with E-state index >= 15 is 4.39 Å². The largest absolute Gasteiger partial charge is 0.444 e. The summed E-state index contributed by atoms with van der Waals surface area (Å²) in [5.41, 5.74) is -0.231. The van der Waals surface area contributed by atoms with Gasteiger partial charge in [-0.15, -0.1) is 0 Å². The van der Waals surface area contributed by atoms with Gasteiger partial charge < -0.3 is 18.9 Å². The molecule has 8 heteroatoms. The molecule has 0 aliphatic carbocycles. The van der Waals surface area contributed by atoms with E-state index in [0.29, 0.717) is 5.56 Å². The molecule has 1 aromatic rings. The number of amides is 1. The fraction of sp³-hybridized carbons (Fsp3) is 0.741. The zero-order chi connectivity index (χ0) is 27.5. The fourth-order valence-electron chi connectivity index (χ4n) is 2.92. The number of alkyl carbamates (subject to hydrolysis) is 1. The standard InChI is InChI=1S/C27H50FNO4Si2/c1-25(2,3)32-24(30)29-23(22(28)20-17-15-14-16-18-20)21(33-35(12,13)27(7,8)9)19-31-34(10,11)26(4,5)6/h14-18,21-23H,19H2,1-13H3,(H,29,30)/t21?,22-,23?/m1/s1. The fourth-order valence-corrected chi connectivity index (χ4v) is 5.25. The molecule has 0 aliphatic heterocycles. The minimum atomic E-state index is -2.34. The SMILES string of the molecule is CC(C)(C)OC(=O)NC(C(CO[Si](C)(C)C(C)(C)C)O[Si](C)(C)C(C)(C)C)[C@H](F)c1ccccc1. The Labute approximate surface area is 215 Å². The van der Waals surface area contributed by atoms with E-state index in [0.717, 1.165) is 0 Å². The molecule has 2 unspecified atom stereocenters. The van der Waals surface area contributed by atoms with Crippen molar-refractivity contribution >= 4 is 22.7 Å². The first-order chi connectivity index (χ1) is 15.6. The summed E-state index contributed by atoms with van der Waals surface area (Å²) in [7, 11) is -4.50. The van der Waals surface area contributed by atoms with Crippen LogP contribution in [0.25, 0.3) is 0 Å². The molecule has 1 amide bonds. The molecular weight excluding hydrogens is 477 g/mol. The Morgan fingerprint density at radius 2 is 1.37 bits per heavy atom. The molecule has 1 aromatic carbocycles. The van der Waals surface area contributed by atoms with Crippen LogP contribution in [0.15, 0.2) is 30.3 Å². The molecule has 35 heavy (non-hydrogen) atoms. The van der Waals surface area contributed by atoms with E-state index in [1.165, 1.54) is 0 Å². The molecular formula is C27H50FNO4Si2. The molecule has 1 N–H and O–H groups in total. The summed E-state index contributed by atoms with van der Waals surface area (Å²) >= 11 is 0. The smallest absolute Gasteiger partial charge is 0.408 e. The summed E-state index contributed by atoms with van der Waals surface area (Å²) in [6.45, 7) is 27.1. The number of ether oxygens (including phenoxy) is 1. The molecule has 202 valence electrons. The summed E-state index contributed by atoms with van der Waals surface area (Å²) < 4.78 is 35.0. The highest BCUT2D eigenvalue weighted by atomic mass is 28.4. The Morgan fingerprint density at radius 3 is 1.80 bits per heavy atom. The van der Waals surface area contributed by atoms with Crippen molar-refractivity contribution in [2.45, 2.75) is 122 Å². The van der Waals surface area contributed by atoms with Crippen LogP contribution < -0.4 is 5.32 Å². The van der Waals surface area contributed by atoms with E-state index in [1.54, 1.807) is 45.0 Å². The third-order valence-corrected chi connectivity index (χ3v) is 16.2. The number of benzene rings is 1. The van der Waals surface area contributed by atoms with Crippen molar-refractivity contribution in [2.24, 2.45) is 0 Å². The molecule has 0 saturated heterocycles. The van der Waals surface area contributed by atoms with Crippen LogP contribution in [0.3, 0.4) is 0 Å². The van der Waals surface area contributed by atoms with Gasteiger partial charge in [0.2, 0.25) is 0 Å². The number of alkyl halides is 1. The molecule has 0 fully saturated rings. The number of carbonyl (C=O) groups is 1. The number of carbonyl (C=O) groups excluding carboxylic acids is 1. The first-order valence-corrected chi connectivity index (χ1v) is 18.4. The third-order valence-electron chi connectivity index (χ3n) is 7.18. The van der Waals surface area contributed by atoms with Crippen LogP contribution in [-0.2, 0) is 13.6 Å². The van der Waals surface area contributed by atoms with E-state index in [-0.39, 0.29) is 16.7 Å².